The fraction of sp³-hybridized carbons (Fsp3) is 0.143. The zero-order valence-electron chi connectivity index (χ0n) is 13.2. The van der Waals surface area contributed by atoms with Crippen molar-refractivity contribution in [2.75, 3.05) is 0 Å². The zero-order valence-corrected chi connectivity index (χ0v) is 14.1. The van der Waals surface area contributed by atoms with Gasteiger partial charge in [0.05, 0.1) is 0 Å². The van der Waals surface area contributed by atoms with Crippen LogP contribution in [0.5, 0.6) is 0 Å². The predicted octanol–water partition coefficient (Wildman–Crippen LogP) is 4.79. The van der Waals surface area contributed by atoms with Crippen LogP contribution in [0.3, 0.4) is 0 Å². The lowest BCUT2D eigenvalue weighted by Crippen LogP contribution is -2.25. The molecule has 3 rings (SSSR count). The average molecular weight is 304 g/mol. The summed E-state index contributed by atoms with van der Waals surface area (Å²) in [6, 6.07) is 17.6. The number of rotatable bonds is 3. The van der Waals surface area contributed by atoms with E-state index in [1.165, 1.54) is 27.3 Å². The first-order valence-corrected chi connectivity index (χ1v) is 9.04. The second kappa shape index (κ2) is 6.46. The van der Waals surface area contributed by atoms with Crippen LogP contribution in [-0.2, 0) is 0 Å². The van der Waals surface area contributed by atoms with Crippen LogP contribution >= 0.6 is 7.92 Å². The molecular formula is C21H21P. The molecule has 1 atom stereocenters. The molecule has 2 aromatic carbocycles. The van der Waals surface area contributed by atoms with Gasteiger partial charge in [0, 0.05) is 5.66 Å². The minimum atomic E-state index is -0.488. The third-order valence-electron chi connectivity index (χ3n) is 4.12. The fourth-order valence-corrected chi connectivity index (χ4v) is 5.87. The van der Waals surface area contributed by atoms with Crippen molar-refractivity contribution in [3.05, 3.63) is 96.1 Å². The van der Waals surface area contributed by atoms with Gasteiger partial charge in [-0.15, -0.1) is 0 Å². The highest BCUT2D eigenvalue weighted by molar-refractivity contribution is 7.74. The Morgan fingerprint density at radius 3 is 1.86 bits per heavy atom. The smallest absolute Gasteiger partial charge is 0.0299 e. The molecule has 0 heterocycles. The van der Waals surface area contributed by atoms with Crippen LogP contribution in [0.2, 0.25) is 0 Å². The summed E-state index contributed by atoms with van der Waals surface area (Å²) in [6.45, 7) is 8.74. The van der Waals surface area contributed by atoms with E-state index in [9.17, 15) is 0 Å². The van der Waals surface area contributed by atoms with E-state index in [2.05, 4.69) is 93.3 Å². The average Bonchev–Trinajstić information content (AvgIpc) is 2.53. The number of benzene rings is 2. The van der Waals surface area contributed by atoms with Gasteiger partial charge in [-0.2, -0.15) is 0 Å². The molecule has 110 valence electrons. The first kappa shape index (κ1) is 15.0. The molecule has 22 heavy (non-hydrogen) atoms. The lowest BCUT2D eigenvalue weighted by Gasteiger charge is -2.30. The van der Waals surface area contributed by atoms with E-state index in [4.69, 9.17) is 0 Å². The highest BCUT2D eigenvalue weighted by Crippen LogP contribution is 2.46. The van der Waals surface area contributed by atoms with E-state index in [0.717, 1.165) is 0 Å². The van der Waals surface area contributed by atoms with Gasteiger partial charge in [-0.1, -0.05) is 79.4 Å². The Morgan fingerprint density at radius 2 is 1.36 bits per heavy atom. The molecule has 0 bridgehead atoms. The van der Waals surface area contributed by atoms with Crippen molar-refractivity contribution < 1.29 is 0 Å². The Bertz CT molecular complexity index is 707. The highest BCUT2D eigenvalue weighted by Gasteiger charge is 2.27. The van der Waals surface area contributed by atoms with Gasteiger partial charge in [0.2, 0.25) is 0 Å². The van der Waals surface area contributed by atoms with Crippen LogP contribution in [0.25, 0.3) is 0 Å². The molecule has 1 unspecified atom stereocenters. The lowest BCUT2D eigenvalue weighted by molar-refractivity contribution is 1.28. The van der Waals surface area contributed by atoms with Gasteiger partial charge < -0.3 is 0 Å². The SMILES string of the molecule is C=C1C=CC=CC1P(c1ccccc1C)c1ccccc1C. The van der Waals surface area contributed by atoms with Crippen LogP contribution in [-0.4, -0.2) is 5.66 Å². The molecule has 1 aliphatic carbocycles. The molecule has 1 heteroatoms. The third-order valence-corrected chi connectivity index (χ3v) is 7.22. The Hall–Kier alpha value is -1.91. The second-order valence-corrected chi connectivity index (χ2v) is 7.97. The van der Waals surface area contributed by atoms with Crippen LogP contribution in [0.15, 0.2) is 85.0 Å². The molecule has 2 aromatic rings. The molecule has 0 spiro atoms. The molecule has 0 saturated carbocycles. The van der Waals surface area contributed by atoms with Crippen LogP contribution in [0.1, 0.15) is 11.1 Å². The van der Waals surface area contributed by atoms with E-state index < -0.39 is 7.92 Å². The van der Waals surface area contributed by atoms with E-state index in [1.54, 1.807) is 0 Å². The Labute approximate surface area is 134 Å². The van der Waals surface area contributed by atoms with E-state index >= 15 is 0 Å². The molecule has 1 aliphatic rings. The van der Waals surface area contributed by atoms with Crippen LogP contribution in [0, 0.1) is 13.8 Å². The number of hydrogen-bond acceptors (Lipinski definition) is 0. The Balaban J connectivity index is 2.17. The Kier molecular flexibility index (Phi) is 4.41. The quantitative estimate of drug-likeness (QED) is 0.715. The molecule has 0 nitrogen and oxygen atoms in total. The molecule has 0 amide bonds. The van der Waals surface area contributed by atoms with Crippen molar-refractivity contribution in [2.24, 2.45) is 0 Å². The van der Waals surface area contributed by atoms with Gasteiger partial charge in [0.15, 0.2) is 0 Å². The van der Waals surface area contributed by atoms with Crippen molar-refractivity contribution >= 4 is 18.5 Å². The summed E-state index contributed by atoms with van der Waals surface area (Å²) in [5.74, 6) is 0. The van der Waals surface area contributed by atoms with Crippen molar-refractivity contribution in [3.63, 3.8) is 0 Å². The highest BCUT2D eigenvalue weighted by atomic mass is 31.1. The molecular weight excluding hydrogens is 283 g/mol. The zero-order chi connectivity index (χ0) is 15.5. The van der Waals surface area contributed by atoms with Gasteiger partial charge in [-0.25, -0.2) is 0 Å². The minimum absolute atomic E-state index is 0.377. The first-order chi connectivity index (χ1) is 10.7. The van der Waals surface area contributed by atoms with Gasteiger partial charge in [0.1, 0.15) is 0 Å². The van der Waals surface area contributed by atoms with Crippen molar-refractivity contribution in [1.82, 2.24) is 0 Å². The van der Waals surface area contributed by atoms with E-state index in [-0.39, 0.29) is 0 Å². The summed E-state index contributed by atoms with van der Waals surface area (Å²) < 4.78 is 0. The van der Waals surface area contributed by atoms with Gasteiger partial charge >= 0.3 is 0 Å². The number of aryl methyl sites for hydroxylation is 2. The fourth-order valence-electron chi connectivity index (χ4n) is 2.92. The molecule has 0 aromatic heterocycles. The second-order valence-electron chi connectivity index (χ2n) is 5.71. The topological polar surface area (TPSA) is 0 Å². The summed E-state index contributed by atoms with van der Waals surface area (Å²) in [5, 5.41) is 2.91. The minimum Gasteiger partial charge on any atom is -0.0948 e. The molecule has 0 saturated heterocycles. The monoisotopic (exact) mass is 304 g/mol. The normalized spacial score (nSPS) is 17.2. The first-order valence-electron chi connectivity index (χ1n) is 7.62. The van der Waals surface area contributed by atoms with E-state index in [1.807, 2.05) is 0 Å². The lowest BCUT2D eigenvalue weighted by atomic mass is 10.1. The summed E-state index contributed by atoms with van der Waals surface area (Å²) in [4.78, 5) is 0. The van der Waals surface area contributed by atoms with Crippen LogP contribution < -0.4 is 10.6 Å². The summed E-state index contributed by atoms with van der Waals surface area (Å²) in [7, 11) is -0.488. The number of hydrogen-bond donors (Lipinski definition) is 0. The number of allylic oxidation sites excluding steroid dienone is 5. The van der Waals surface area contributed by atoms with Crippen molar-refractivity contribution in [2.45, 2.75) is 19.5 Å². The maximum atomic E-state index is 4.30. The van der Waals surface area contributed by atoms with Gasteiger partial charge in [-0.3, -0.25) is 0 Å². The third kappa shape index (κ3) is 2.85. The van der Waals surface area contributed by atoms with Crippen LogP contribution in [0.4, 0.5) is 0 Å². The Morgan fingerprint density at radius 1 is 0.818 bits per heavy atom. The van der Waals surface area contributed by atoms with Gasteiger partial charge in [-0.05, 0) is 49.1 Å². The maximum absolute atomic E-state index is 4.30. The van der Waals surface area contributed by atoms with E-state index in [0.29, 0.717) is 5.66 Å². The summed E-state index contributed by atoms with van der Waals surface area (Å²) in [6.07, 6.45) is 8.71. The molecule has 0 radical (unpaired) electrons. The summed E-state index contributed by atoms with van der Waals surface area (Å²) in [5.41, 5.74) is 4.32. The van der Waals surface area contributed by atoms with Gasteiger partial charge in [0.25, 0.3) is 0 Å². The van der Waals surface area contributed by atoms with Crippen molar-refractivity contribution in [1.29, 1.82) is 0 Å². The summed E-state index contributed by atoms with van der Waals surface area (Å²) >= 11 is 0. The largest absolute Gasteiger partial charge is 0.0948 e. The molecule has 0 N–H and O–H groups in total. The standard InChI is InChI=1S/C21H21P/c1-16-10-4-7-13-19(16)22(20-14-8-5-11-17(20)2)21-15-9-6-12-18(21)3/h4-15,19H,1H2,2-3H3. The molecule has 0 fully saturated rings. The maximum Gasteiger partial charge on any atom is 0.0299 e. The van der Waals surface area contributed by atoms with Crippen molar-refractivity contribution in [3.8, 4) is 0 Å². The molecule has 0 aliphatic heterocycles. The predicted molar refractivity (Wildman–Crippen MR) is 99.8 cm³/mol.